The Hall–Kier alpha value is -2.18. The van der Waals surface area contributed by atoms with Crippen LogP contribution in [0.4, 0.5) is 0 Å². The van der Waals surface area contributed by atoms with Crippen molar-refractivity contribution in [1.29, 1.82) is 0 Å². The van der Waals surface area contributed by atoms with Crippen LogP contribution < -0.4 is 10.9 Å². The fraction of sp³-hybridized carbons (Fsp3) is 0.368. The van der Waals surface area contributed by atoms with Gasteiger partial charge in [0.15, 0.2) is 0 Å². The molecule has 2 bridgehead atoms. The summed E-state index contributed by atoms with van der Waals surface area (Å²) in [5.41, 5.74) is 1.99. The van der Waals surface area contributed by atoms with E-state index in [4.69, 9.17) is 0 Å². The normalized spacial score (nSPS) is 21.9. The highest BCUT2D eigenvalue weighted by atomic mass is 32.1. The number of thiophene rings is 1. The van der Waals surface area contributed by atoms with E-state index in [9.17, 15) is 4.79 Å². The molecule has 3 aromatic rings. The highest BCUT2D eigenvalue weighted by Gasteiger charge is 2.31. The summed E-state index contributed by atoms with van der Waals surface area (Å²) in [6, 6.07) is 8.27. The Morgan fingerprint density at radius 2 is 2.24 bits per heavy atom. The van der Waals surface area contributed by atoms with Crippen LogP contribution in [0.2, 0.25) is 0 Å². The topological polar surface area (TPSA) is 51.9 Å². The molecule has 25 heavy (non-hydrogen) atoms. The van der Waals surface area contributed by atoms with E-state index in [0.29, 0.717) is 17.4 Å². The molecule has 5 nitrogen and oxygen atoms in total. The predicted molar refractivity (Wildman–Crippen MR) is 99.1 cm³/mol. The Kier molecular flexibility index (Phi) is 3.60. The molecule has 2 aliphatic heterocycles. The third-order valence-electron chi connectivity index (χ3n) is 5.37. The van der Waals surface area contributed by atoms with Crippen LogP contribution in [-0.4, -0.2) is 27.2 Å². The molecule has 0 unspecified atom stereocenters. The average Bonchev–Trinajstić information content (AvgIpc) is 3.29. The molecule has 6 heteroatoms. The average molecular weight is 352 g/mol. The van der Waals surface area contributed by atoms with Gasteiger partial charge in [0.25, 0.3) is 5.56 Å². The summed E-state index contributed by atoms with van der Waals surface area (Å²) in [6.45, 7) is 3.56. The third kappa shape index (κ3) is 2.56. The molecule has 5 heterocycles. The Labute approximate surface area is 150 Å². The second-order valence-corrected chi connectivity index (χ2v) is 8.03. The number of aromatic nitrogens is 3. The van der Waals surface area contributed by atoms with Gasteiger partial charge in [0.05, 0.1) is 12.1 Å². The molecule has 128 valence electrons. The molecule has 0 saturated carbocycles. The van der Waals surface area contributed by atoms with Crippen molar-refractivity contribution in [3.8, 4) is 11.4 Å². The number of pyridine rings is 1. The molecule has 0 aliphatic carbocycles. The van der Waals surface area contributed by atoms with Crippen molar-refractivity contribution in [3.05, 3.63) is 63.0 Å². The number of hydrogen-bond acceptors (Lipinski definition) is 4. The van der Waals surface area contributed by atoms with Crippen LogP contribution >= 0.6 is 11.3 Å². The maximum absolute atomic E-state index is 13.2. The molecule has 2 atom stereocenters. The van der Waals surface area contributed by atoms with Gasteiger partial charge < -0.3 is 14.5 Å². The molecule has 0 radical (unpaired) electrons. The first-order chi connectivity index (χ1) is 12.3. The fourth-order valence-electron chi connectivity index (χ4n) is 4.21. The standard InChI is InChI=1S/C19H20N4OS/c24-19-16(18-21-5-6-22(18)12-15-2-1-7-25-15)3-4-17-14-8-13(9-20-10-14)11-23(17)19/h1-7,13-14,20H,8-12H2/t13-,14+/m0/s1. The molecule has 5 rings (SSSR count). The molecule has 1 N–H and O–H groups in total. The van der Waals surface area contributed by atoms with Gasteiger partial charge in [-0.25, -0.2) is 4.98 Å². The van der Waals surface area contributed by atoms with E-state index in [0.717, 1.165) is 32.0 Å². The SMILES string of the molecule is O=c1c(-c2nccn2Cc2cccs2)ccc2n1C[C@@H]1CNC[C@H]2C1. The minimum absolute atomic E-state index is 0.104. The highest BCUT2D eigenvalue weighted by Crippen LogP contribution is 2.32. The Balaban J connectivity index is 1.57. The van der Waals surface area contributed by atoms with Crippen molar-refractivity contribution in [1.82, 2.24) is 19.4 Å². The zero-order valence-corrected chi connectivity index (χ0v) is 14.7. The number of imidazole rings is 1. The van der Waals surface area contributed by atoms with Gasteiger partial charge >= 0.3 is 0 Å². The lowest BCUT2D eigenvalue weighted by molar-refractivity contribution is 0.257. The fourth-order valence-corrected chi connectivity index (χ4v) is 4.92. The van der Waals surface area contributed by atoms with Gasteiger partial charge in [-0.05, 0) is 42.5 Å². The van der Waals surface area contributed by atoms with Crippen molar-refractivity contribution in [2.75, 3.05) is 13.1 Å². The van der Waals surface area contributed by atoms with E-state index in [-0.39, 0.29) is 5.56 Å². The minimum Gasteiger partial charge on any atom is -0.326 e. The maximum atomic E-state index is 13.2. The first-order valence-electron chi connectivity index (χ1n) is 8.78. The van der Waals surface area contributed by atoms with Crippen LogP contribution in [0.3, 0.4) is 0 Å². The van der Waals surface area contributed by atoms with Crippen molar-refractivity contribution >= 4 is 11.3 Å². The molecule has 1 fully saturated rings. The van der Waals surface area contributed by atoms with E-state index in [1.807, 2.05) is 16.8 Å². The number of hydrogen-bond donors (Lipinski definition) is 1. The summed E-state index contributed by atoms with van der Waals surface area (Å²) in [5.74, 6) is 1.78. The Morgan fingerprint density at radius 3 is 3.12 bits per heavy atom. The van der Waals surface area contributed by atoms with Crippen LogP contribution in [0.1, 0.15) is 22.9 Å². The van der Waals surface area contributed by atoms with Gasteiger partial charge in [-0.3, -0.25) is 4.79 Å². The number of rotatable bonds is 3. The van der Waals surface area contributed by atoms with Crippen LogP contribution in [-0.2, 0) is 13.1 Å². The molecule has 0 spiro atoms. The summed E-state index contributed by atoms with van der Waals surface area (Å²) >= 11 is 1.72. The molecule has 0 aromatic carbocycles. The summed E-state index contributed by atoms with van der Waals surface area (Å²) < 4.78 is 4.07. The molecular formula is C19H20N4OS. The van der Waals surface area contributed by atoms with Crippen LogP contribution in [0.15, 0.2) is 46.8 Å². The largest absolute Gasteiger partial charge is 0.326 e. The lowest BCUT2D eigenvalue weighted by Gasteiger charge is -2.37. The highest BCUT2D eigenvalue weighted by molar-refractivity contribution is 7.09. The second kappa shape index (κ2) is 5.97. The van der Waals surface area contributed by atoms with Gasteiger partial charge in [-0.15, -0.1) is 11.3 Å². The van der Waals surface area contributed by atoms with Crippen molar-refractivity contribution < 1.29 is 0 Å². The van der Waals surface area contributed by atoms with E-state index in [2.05, 4.69) is 38.4 Å². The lowest BCUT2D eigenvalue weighted by atomic mass is 9.84. The number of piperidine rings is 1. The lowest BCUT2D eigenvalue weighted by Crippen LogP contribution is -2.45. The van der Waals surface area contributed by atoms with E-state index in [1.165, 1.54) is 17.0 Å². The van der Waals surface area contributed by atoms with Crippen molar-refractivity contribution in [3.63, 3.8) is 0 Å². The van der Waals surface area contributed by atoms with Gasteiger partial charge in [0.2, 0.25) is 0 Å². The first kappa shape index (κ1) is 15.1. The third-order valence-corrected chi connectivity index (χ3v) is 6.23. The first-order valence-corrected chi connectivity index (χ1v) is 9.66. The Bertz CT molecular complexity index is 956. The zero-order chi connectivity index (χ0) is 16.8. The maximum Gasteiger partial charge on any atom is 0.261 e. The smallest absolute Gasteiger partial charge is 0.261 e. The van der Waals surface area contributed by atoms with Crippen LogP contribution in [0, 0.1) is 5.92 Å². The van der Waals surface area contributed by atoms with Crippen molar-refractivity contribution in [2.45, 2.75) is 25.4 Å². The van der Waals surface area contributed by atoms with E-state index >= 15 is 0 Å². The monoisotopic (exact) mass is 352 g/mol. The van der Waals surface area contributed by atoms with Crippen LogP contribution in [0.5, 0.6) is 0 Å². The minimum atomic E-state index is 0.104. The van der Waals surface area contributed by atoms with Gasteiger partial charge in [0.1, 0.15) is 5.82 Å². The number of nitrogens with zero attached hydrogens (tertiary/aromatic N) is 3. The Morgan fingerprint density at radius 1 is 1.28 bits per heavy atom. The van der Waals surface area contributed by atoms with Gasteiger partial charge in [0, 0.05) is 42.0 Å². The summed E-state index contributed by atoms with van der Waals surface area (Å²) in [4.78, 5) is 18.9. The van der Waals surface area contributed by atoms with Crippen LogP contribution in [0.25, 0.3) is 11.4 Å². The number of nitrogens with one attached hydrogen (secondary N) is 1. The summed E-state index contributed by atoms with van der Waals surface area (Å²) in [6.07, 6.45) is 4.93. The summed E-state index contributed by atoms with van der Waals surface area (Å²) in [7, 11) is 0. The van der Waals surface area contributed by atoms with Crippen molar-refractivity contribution in [2.24, 2.45) is 5.92 Å². The second-order valence-electron chi connectivity index (χ2n) is 7.00. The molecule has 0 amide bonds. The zero-order valence-electron chi connectivity index (χ0n) is 13.9. The quantitative estimate of drug-likeness (QED) is 0.788. The van der Waals surface area contributed by atoms with Gasteiger partial charge in [-0.2, -0.15) is 0 Å². The van der Waals surface area contributed by atoms with E-state index in [1.54, 1.807) is 17.5 Å². The molecular weight excluding hydrogens is 332 g/mol. The number of fused-ring (bicyclic) bond motifs is 4. The molecule has 1 saturated heterocycles. The van der Waals surface area contributed by atoms with E-state index < -0.39 is 0 Å². The van der Waals surface area contributed by atoms with Gasteiger partial charge in [-0.1, -0.05) is 6.07 Å². The predicted octanol–water partition coefficient (Wildman–Crippen LogP) is 2.53. The molecule has 3 aromatic heterocycles. The molecule has 2 aliphatic rings. The summed E-state index contributed by atoms with van der Waals surface area (Å²) in [5, 5.41) is 5.57.